The SMILES string of the molecule is CCc1nn(C)c(COCC=Cc2ccccc2)c1Br. The predicted molar refractivity (Wildman–Crippen MR) is 85.4 cm³/mol. The molecule has 20 heavy (non-hydrogen) atoms. The molecule has 0 unspecified atom stereocenters. The van der Waals surface area contributed by atoms with Gasteiger partial charge in [0.25, 0.3) is 0 Å². The van der Waals surface area contributed by atoms with E-state index < -0.39 is 0 Å². The first kappa shape index (κ1) is 15.0. The lowest BCUT2D eigenvalue weighted by atomic mass is 10.2. The molecule has 3 nitrogen and oxygen atoms in total. The third kappa shape index (κ3) is 3.81. The highest BCUT2D eigenvalue weighted by atomic mass is 79.9. The fourth-order valence-corrected chi connectivity index (χ4v) is 2.68. The first-order valence-electron chi connectivity index (χ1n) is 6.72. The van der Waals surface area contributed by atoms with Crippen LogP contribution in [-0.2, 0) is 24.8 Å². The summed E-state index contributed by atoms with van der Waals surface area (Å²) in [5.74, 6) is 0. The fourth-order valence-electron chi connectivity index (χ4n) is 1.95. The molecule has 2 aromatic rings. The van der Waals surface area contributed by atoms with Crippen molar-refractivity contribution in [1.82, 2.24) is 9.78 Å². The number of benzene rings is 1. The molecular formula is C16H19BrN2O. The van der Waals surface area contributed by atoms with Gasteiger partial charge in [-0.3, -0.25) is 4.68 Å². The van der Waals surface area contributed by atoms with Gasteiger partial charge in [0.2, 0.25) is 0 Å². The van der Waals surface area contributed by atoms with E-state index in [0.29, 0.717) is 13.2 Å². The van der Waals surface area contributed by atoms with Gasteiger partial charge in [0, 0.05) is 7.05 Å². The molecule has 1 aromatic heterocycles. The molecule has 0 saturated carbocycles. The Kier molecular flexibility index (Phi) is 5.56. The van der Waals surface area contributed by atoms with E-state index >= 15 is 0 Å². The zero-order chi connectivity index (χ0) is 14.4. The fraction of sp³-hybridized carbons (Fsp3) is 0.312. The average molecular weight is 335 g/mol. The molecule has 0 aliphatic rings. The van der Waals surface area contributed by atoms with Gasteiger partial charge in [-0.05, 0) is 27.9 Å². The Hall–Kier alpha value is -1.39. The van der Waals surface area contributed by atoms with Crippen LogP contribution in [0.4, 0.5) is 0 Å². The molecule has 0 amide bonds. The number of aromatic nitrogens is 2. The lowest BCUT2D eigenvalue weighted by Crippen LogP contribution is -2.01. The van der Waals surface area contributed by atoms with E-state index in [2.05, 4.69) is 46.2 Å². The van der Waals surface area contributed by atoms with Crippen molar-refractivity contribution < 1.29 is 4.74 Å². The third-order valence-corrected chi connectivity index (χ3v) is 3.98. The molecular weight excluding hydrogens is 316 g/mol. The van der Waals surface area contributed by atoms with Crippen molar-refractivity contribution >= 4 is 22.0 Å². The van der Waals surface area contributed by atoms with E-state index in [1.54, 1.807) is 0 Å². The molecule has 106 valence electrons. The summed E-state index contributed by atoms with van der Waals surface area (Å²) in [5.41, 5.74) is 3.34. The van der Waals surface area contributed by atoms with E-state index in [1.165, 1.54) is 5.56 Å². The van der Waals surface area contributed by atoms with Crippen LogP contribution in [-0.4, -0.2) is 16.4 Å². The molecule has 1 aromatic carbocycles. The maximum Gasteiger partial charge on any atom is 0.0900 e. The molecule has 1 heterocycles. The first-order valence-corrected chi connectivity index (χ1v) is 7.51. The number of rotatable bonds is 6. The first-order chi connectivity index (χ1) is 9.72. The van der Waals surface area contributed by atoms with Gasteiger partial charge < -0.3 is 4.74 Å². The van der Waals surface area contributed by atoms with Crippen molar-refractivity contribution in [3.05, 3.63) is 57.8 Å². The summed E-state index contributed by atoms with van der Waals surface area (Å²) in [6.07, 6.45) is 5.01. The summed E-state index contributed by atoms with van der Waals surface area (Å²) in [5, 5.41) is 4.45. The van der Waals surface area contributed by atoms with Gasteiger partial charge in [-0.1, -0.05) is 49.4 Å². The maximum absolute atomic E-state index is 5.68. The highest BCUT2D eigenvalue weighted by Gasteiger charge is 2.11. The summed E-state index contributed by atoms with van der Waals surface area (Å²) in [6, 6.07) is 10.2. The molecule has 0 spiro atoms. The van der Waals surface area contributed by atoms with Crippen LogP contribution < -0.4 is 0 Å². The second kappa shape index (κ2) is 7.41. The Balaban J connectivity index is 1.85. The van der Waals surface area contributed by atoms with E-state index in [4.69, 9.17) is 4.74 Å². The van der Waals surface area contributed by atoms with Crippen LogP contribution in [0.25, 0.3) is 6.08 Å². The second-order valence-electron chi connectivity index (χ2n) is 4.51. The summed E-state index contributed by atoms with van der Waals surface area (Å²) >= 11 is 3.59. The number of aryl methyl sites for hydroxylation is 2. The molecule has 0 saturated heterocycles. The minimum absolute atomic E-state index is 0.559. The molecule has 0 fully saturated rings. The van der Waals surface area contributed by atoms with Crippen LogP contribution in [0.2, 0.25) is 0 Å². The Morgan fingerprint density at radius 2 is 2.05 bits per heavy atom. The van der Waals surface area contributed by atoms with Gasteiger partial charge in [-0.25, -0.2) is 0 Å². The smallest absolute Gasteiger partial charge is 0.0900 e. The third-order valence-electron chi connectivity index (χ3n) is 3.07. The quantitative estimate of drug-likeness (QED) is 0.747. The summed E-state index contributed by atoms with van der Waals surface area (Å²) in [6.45, 7) is 3.25. The van der Waals surface area contributed by atoms with E-state index in [-0.39, 0.29) is 0 Å². The summed E-state index contributed by atoms with van der Waals surface area (Å²) in [7, 11) is 1.95. The highest BCUT2D eigenvalue weighted by molar-refractivity contribution is 9.10. The van der Waals surface area contributed by atoms with Gasteiger partial charge in [-0.2, -0.15) is 5.10 Å². The van der Waals surface area contributed by atoms with E-state index in [0.717, 1.165) is 22.3 Å². The molecule has 0 radical (unpaired) electrons. The van der Waals surface area contributed by atoms with Gasteiger partial charge in [0.15, 0.2) is 0 Å². The van der Waals surface area contributed by atoms with E-state index in [9.17, 15) is 0 Å². The summed E-state index contributed by atoms with van der Waals surface area (Å²) in [4.78, 5) is 0. The average Bonchev–Trinajstić information content (AvgIpc) is 2.75. The molecule has 0 aliphatic carbocycles. The van der Waals surface area contributed by atoms with Crippen LogP contribution in [0, 0.1) is 0 Å². The monoisotopic (exact) mass is 334 g/mol. The normalized spacial score (nSPS) is 11.3. The number of ether oxygens (including phenoxy) is 1. The Morgan fingerprint density at radius 1 is 1.30 bits per heavy atom. The molecule has 0 aliphatic heterocycles. The molecule has 0 N–H and O–H groups in total. The second-order valence-corrected chi connectivity index (χ2v) is 5.31. The van der Waals surface area contributed by atoms with Crippen molar-refractivity contribution in [2.75, 3.05) is 6.61 Å². The molecule has 0 atom stereocenters. The van der Waals surface area contributed by atoms with Gasteiger partial charge in [-0.15, -0.1) is 0 Å². The predicted octanol–water partition coefficient (Wildman–Crippen LogP) is 3.98. The van der Waals surface area contributed by atoms with Gasteiger partial charge in [0.1, 0.15) is 0 Å². The maximum atomic E-state index is 5.68. The minimum atomic E-state index is 0.559. The van der Waals surface area contributed by atoms with E-state index in [1.807, 2.05) is 36.0 Å². The minimum Gasteiger partial charge on any atom is -0.371 e. The van der Waals surface area contributed by atoms with Crippen molar-refractivity contribution in [2.45, 2.75) is 20.0 Å². The topological polar surface area (TPSA) is 27.1 Å². The Morgan fingerprint density at radius 3 is 2.70 bits per heavy atom. The van der Waals surface area contributed by atoms with Crippen molar-refractivity contribution in [3.8, 4) is 0 Å². The standard InChI is InChI=1S/C16H19BrN2O/c1-3-14-16(17)15(19(2)18-14)12-20-11-7-10-13-8-5-4-6-9-13/h4-10H,3,11-12H2,1-2H3. The Bertz CT molecular complexity index is 576. The number of nitrogens with zero attached hydrogens (tertiary/aromatic N) is 2. The zero-order valence-corrected chi connectivity index (χ0v) is 13.4. The molecule has 2 rings (SSSR count). The van der Waals surface area contributed by atoms with Crippen LogP contribution in [0.3, 0.4) is 0 Å². The largest absolute Gasteiger partial charge is 0.371 e. The summed E-state index contributed by atoms with van der Waals surface area (Å²) < 4.78 is 8.63. The lowest BCUT2D eigenvalue weighted by Gasteiger charge is -2.03. The van der Waals surface area contributed by atoms with Crippen LogP contribution in [0.1, 0.15) is 23.9 Å². The van der Waals surface area contributed by atoms with Crippen molar-refractivity contribution in [3.63, 3.8) is 0 Å². The number of halogens is 1. The number of hydrogen-bond acceptors (Lipinski definition) is 2. The van der Waals surface area contributed by atoms with Crippen molar-refractivity contribution in [1.29, 1.82) is 0 Å². The molecule has 0 bridgehead atoms. The van der Waals surface area contributed by atoms with Crippen LogP contribution >= 0.6 is 15.9 Å². The highest BCUT2D eigenvalue weighted by Crippen LogP contribution is 2.22. The van der Waals surface area contributed by atoms with Crippen LogP contribution in [0.15, 0.2) is 40.9 Å². The molecule has 4 heteroatoms. The van der Waals surface area contributed by atoms with Gasteiger partial charge >= 0.3 is 0 Å². The zero-order valence-electron chi connectivity index (χ0n) is 11.8. The Labute approximate surface area is 128 Å². The van der Waals surface area contributed by atoms with Crippen LogP contribution in [0.5, 0.6) is 0 Å². The van der Waals surface area contributed by atoms with Crippen molar-refractivity contribution in [2.24, 2.45) is 7.05 Å². The lowest BCUT2D eigenvalue weighted by molar-refractivity contribution is 0.142. The number of hydrogen-bond donors (Lipinski definition) is 0. The van der Waals surface area contributed by atoms with Gasteiger partial charge in [0.05, 0.1) is 29.1 Å².